The first-order chi connectivity index (χ1) is 5.60. The maximum absolute atomic E-state index is 12.0. The molecule has 0 N–H and O–H groups in total. The minimum atomic E-state index is -0.176. The van der Waals surface area contributed by atoms with E-state index in [0.29, 0.717) is 6.54 Å². The third-order valence-electron chi connectivity index (χ3n) is 2.64. The molecule has 3 nitrogen and oxygen atoms in total. The third kappa shape index (κ3) is 1.62. The number of nitrogens with zero attached hydrogens (tertiary/aromatic N) is 2. The monoisotopic (exact) mass is 170 g/mol. The van der Waals surface area contributed by atoms with Gasteiger partial charge in [-0.1, -0.05) is 13.3 Å². The van der Waals surface area contributed by atoms with Crippen molar-refractivity contribution in [3.05, 3.63) is 17.6 Å². The topological polar surface area (TPSA) is 26.3 Å². The maximum atomic E-state index is 12.0. The molecule has 0 aromatic heterocycles. The van der Waals surface area contributed by atoms with Crippen LogP contribution in [0.25, 0.3) is 0 Å². The molecule has 2 atom stereocenters. The number of unbranched alkanes of at least 4 members (excludes halogenated alkanes) is 1. The molecule has 12 heavy (non-hydrogen) atoms. The Bertz CT molecular complexity index is 181. The van der Waals surface area contributed by atoms with Crippen molar-refractivity contribution in [2.24, 2.45) is 0 Å². The van der Waals surface area contributed by atoms with Gasteiger partial charge < -0.3 is 14.8 Å². The summed E-state index contributed by atoms with van der Waals surface area (Å²) >= 11 is 0. The highest BCUT2D eigenvalue weighted by Crippen LogP contribution is 2.23. The van der Waals surface area contributed by atoms with Crippen LogP contribution in [0.2, 0.25) is 0 Å². The Labute approximate surface area is 74.4 Å². The van der Waals surface area contributed by atoms with Crippen LogP contribution >= 0.6 is 0 Å². The van der Waals surface area contributed by atoms with E-state index in [9.17, 15) is 5.21 Å². The summed E-state index contributed by atoms with van der Waals surface area (Å²) in [5.41, 5.74) is 0. The summed E-state index contributed by atoms with van der Waals surface area (Å²) in [7, 11) is 1.95. The van der Waals surface area contributed by atoms with Gasteiger partial charge in [-0.15, -0.1) is 0 Å². The SMILES string of the molecule is CCCC[N+]1([O-])C=CN(C)C1C. The van der Waals surface area contributed by atoms with Crippen LogP contribution in [0.15, 0.2) is 12.4 Å². The molecule has 70 valence electrons. The number of hydrogen-bond donors (Lipinski definition) is 0. The lowest BCUT2D eigenvalue weighted by atomic mass is 10.3. The lowest BCUT2D eigenvalue weighted by Crippen LogP contribution is -2.47. The van der Waals surface area contributed by atoms with E-state index in [2.05, 4.69) is 6.92 Å². The molecule has 2 unspecified atom stereocenters. The summed E-state index contributed by atoms with van der Waals surface area (Å²) in [5.74, 6) is 0. The fourth-order valence-corrected chi connectivity index (χ4v) is 1.44. The van der Waals surface area contributed by atoms with Gasteiger partial charge in [-0.25, -0.2) is 0 Å². The Balaban J connectivity index is 2.54. The van der Waals surface area contributed by atoms with Crippen molar-refractivity contribution in [2.45, 2.75) is 32.9 Å². The molecule has 1 rings (SSSR count). The first kappa shape index (κ1) is 9.55. The Hall–Kier alpha value is -0.540. The van der Waals surface area contributed by atoms with Crippen LogP contribution in [0, 0.1) is 5.21 Å². The maximum Gasteiger partial charge on any atom is 0.165 e. The molecule has 1 aliphatic heterocycles. The van der Waals surface area contributed by atoms with E-state index in [0.717, 1.165) is 12.8 Å². The Morgan fingerprint density at radius 1 is 1.58 bits per heavy atom. The number of hydrogen-bond acceptors (Lipinski definition) is 2. The highest BCUT2D eigenvalue weighted by Gasteiger charge is 2.29. The lowest BCUT2D eigenvalue weighted by molar-refractivity contribution is -0.857. The van der Waals surface area contributed by atoms with Crippen LogP contribution < -0.4 is 0 Å². The predicted octanol–water partition coefficient (Wildman–Crippen LogP) is 1.86. The van der Waals surface area contributed by atoms with Gasteiger partial charge in [-0.05, 0) is 6.42 Å². The van der Waals surface area contributed by atoms with Gasteiger partial charge in [0.05, 0.1) is 12.7 Å². The second kappa shape index (κ2) is 3.46. The molecule has 0 radical (unpaired) electrons. The first-order valence-electron chi connectivity index (χ1n) is 4.60. The van der Waals surface area contributed by atoms with Crippen molar-refractivity contribution in [1.82, 2.24) is 4.90 Å². The zero-order chi connectivity index (χ0) is 9.19. The van der Waals surface area contributed by atoms with Gasteiger partial charge in [0.25, 0.3) is 0 Å². The molecule has 0 aromatic rings. The van der Waals surface area contributed by atoms with Crippen molar-refractivity contribution >= 4 is 0 Å². The normalized spacial score (nSPS) is 34.7. The van der Waals surface area contributed by atoms with Crippen molar-refractivity contribution in [3.63, 3.8) is 0 Å². The molecule has 3 heteroatoms. The van der Waals surface area contributed by atoms with Crippen LogP contribution in [-0.4, -0.2) is 29.3 Å². The van der Waals surface area contributed by atoms with Crippen molar-refractivity contribution in [1.29, 1.82) is 0 Å². The quantitative estimate of drug-likeness (QED) is 0.477. The molecule has 0 aromatic carbocycles. The molecule has 1 heterocycles. The first-order valence-corrected chi connectivity index (χ1v) is 4.60. The average molecular weight is 170 g/mol. The average Bonchev–Trinajstić information content (AvgIpc) is 2.31. The van der Waals surface area contributed by atoms with E-state index in [1.807, 2.05) is 25.1 Å². The number of rotatable bonds is 3. The number of quaternary nitrogens is 1. The predicted molar refractivity (Wildman–Crippen MR) is 49.8 cm³/mol. The molecule has 0 saturated heterocycles. The van der Waals surface area contributed by atoms with Gasteiger partial charge in [0.1, 0.15) is 6.20 Å². The van der Waals surface area contributed by atoms with Gasteiger partial charge in [-0.3, -0.25) is 0 Å². The van der Waals surface area contributed by atoms with Crippen molar-refractivity contribution in [2.75, 3.05) is 13.6 Å². The van der Waals surface area contributed by atoms with E-state index in [1.54, 1.807) is 6.20 Å². The second-order valence-corrected chi connectivity index (χ2v) is 3.53. The van der Waals surface area contributed by atoms with E-state index in [1.165, 1.54) is 0 Å². The summed E-state index contributed by atoms with van der Waals surface area (Å²) in [6.07, 6.45) is 5.78. The zero-order valence-electron chi connectivity index (χ0n) is 8.16. The van der Waals surface area contributed by atoms with Crippen LogP contribution in [0.1, 0.15) is 26.7 Å². The smallest absolute Gasteiger partial charge is 0.165 e. The fraction of sp³-hybridized carbons (Fsp3) is 0.778. The molecular formula is C9H18N2O. The zero-order valence-corrected chi connectivity index (χ0v) is 8.16. The van der Waals surface area contributed by atoms with Crippen molar-refractivity contribution < 1.29 is 4.65 Å². The summed E-state index contributed by atoms with van der Waals surface area (Å²) in [6.45, 7) is 4.79. The van der Waals surface area contributed by atoms with Crippen LogP contribution in [0.5, 0.6) is 0 Å². The summed E-state index contributed by atoms with van der Waals surface area (Å²) in [6, 6.07) is 0. The number of hydroxylamine groups is 3. The minimum absolute atomic E-state index is 0.0524. The minimum Gasteiger partial charge on any atom is -0.626 e. The molecule has 0 bridgehead atoms. The largest absolute Gasteiger partial charge is 0.626 e. The van der Waals surface area contributed by atoms with Gasteiger partial charge in [0.2, 0.25) is 0 Å². The van der Waals surface area contributed by atoms with E-state index < -0.39 is 0 Å². The summed E-state index contributed by atoms with van der Waals surface area (Å²) in [4.78, 5) is 1.97. The Kier molecular flexibility index (Phi) is 2.75. The molecule has 0 fully saturated rings. The van der Waals surface area contributed by atoms with Crippen LogP contribution in [0.4, 0.5) is 0 Å². The Morgan fingerprint density at radius 2 is 2.25 bits per heavy atom. The van der Waals surface area contributed by atoms with E-state index >= 15 is 0 Å². The third-order valence-corrected chi connectivity index (χ3v) is 2.64. The van der Waals surface area contributed by atoms with Gasteiger partial charge in [-0.2, -0.15) is 0 Å². The van der Waals surface area contributed by atoms with Gasteiger partial charge in [0, 0.05) is 14.0 Å². The molecule has 0 amide bonds. The van der Waals surface area contributed by atoms with E-state index in [-0.39, 0.29) is 10.8 Å². The van der Waals surface area contributed by atoms with Crippen LogP contribution in [-0.2, 0) is 0 Å². The molecule has 0 aliphatic carbocycles. The summed E-state index contributed by atoms with van der Waals surface area (Å²) < 4.78 is -0.176. The Morgan fingerprint density at radius 3 is 2.67 bits per heavy atom. The fourth-order valence-electron chi connectivity index (χ4n) is 1.44. The molecule has 0 spiro atoms. The lowest BCUT2D eigenvalue weighted by Gasteiger charge is -2.42. The molecule has 0 saturated carbocycles. The van der Waals surface area contributed by atoms with Crippen LogP contribution in [0.3, 0.4) is 0 Å². The summed E-state index contributed by atoms with van der Waals surface area (Å²) in [5, 5.41) is 12.0. The van der Waals surface area contributed by atoms with E-state index in [4.69, 9.17) is 0 Å². The highest BCUT2D eigenvalue weighted by atomic mass is 16.6. The second-order valence-electron chi connectivity index (χ2n) is 3.53. The van der Waals surface area contributed by atoms with Gasteiger partial charge >= 0.3 is 0 Å². The van der Waals surface area contributed by atoms with Gasteiger partial charge in [0.15, 0.2) is 6.17 Å². The molecular weight excluding hydrogens is 152 g/mol. The molecule has 1 aliphatic rings. The highest BCUT2D eigenvalue weighted by molar-refractivity contribution is 4.84. The standard InChI is InChI=1S/C9H18N2O/c1-4-5-7-11(12)8-6-10(3)9(11)2/h6,8-9H,4-5,7H2,1-3H3. The van der Waals surface area contributed by atoms with Crippen molar-refractivity contribution in [3.8, 4) is 0 Å².